The van der Waals surface area contributed by atoms with Gasteiger partial charge in [-0.15, -0.1) is 0 Å². The van der Waals surface area contributed by atoms with Gasteiger partial charge in [0.25, 0.3) is 0 Å². The lowest BCUT2D eigenvalue weighted by Gasteiger charge is -2.10. The van der Waals surface area contributed by atoms with Crippen LogP contribution in [-0.2, 0) is 6.54 Å². The Morgan fingerprint density at radius 2 is 1.89 bits per heavy atom. The SMILES string of the molecule is Fc1cccc(Cl)c1NCc1ccc(Br)c(Cl)c1. The summed E-state index contributed by atoms with van der Waals surface area (Å²) >= 11 is 15.2. The number of para-hydroxylation sites is 1. The van der Waals surface area contributed by atoms with Gasteiger partial charge in [-0.05, 0) is 45.8 Å². The molecule has 2 rings (SSSR count). The van der Waals surface area contributed by atoms with Gasteiger partial charge in [0.1, 0.15) is 5.82 Å². The number of hydrogen-bond acceptors (Lipinski definition) is 1. The third kappa shape index (κ3) is 3.16. The van der Waals surface area contributed by atoms with E-state index in [2.05, 4.69) is 21.2 Å². The third-order valence-corrected chi connectivity index (χ3v) is 3.96. The monoisotopic (exact) mass is 347 g/mol. The Kier molecular flexibility index (Phi) is 4.49. The van der Waals surface area contributed by atoms with Crippen molar-refractivity contribution in [3.63, 3.8) is 0 Å². The Balaban J connectivity index is 2.14. The highest BCUT2D eigenvalue weighted by molar-refractivity contribution is 9.10. The second-order valence-electron chi connectivity index (χ2n) is 3.70. The molecule has 0 atom stereocenters. The molecule has 0 amide bonds. The van der Waals surface area contributed by atoms with Crippen molar-refractivity contribution in [3.8, 4) is 0 Å². The Hall–Kier alpha value is -0.770. The van der Waals surface area contributed by atoms with E-state index in [0.717, 1.165) is 10.0 Å². The van der Waals surface area contributed by atoms with Crippen molar-refractivity contribution in [2.24, 2.45) is 0 Å². The van der Waals surface area contributed by atoms with Crippen LogP contribution in [0.4, 0.5) is 10.1 Å². The van der Waals surface area contributed by atoms with Gasteiger partial charge >= 0.3 is 0 Å². The number of benzene rings is 2. The van der Waals surface area contributed by atoms with Gasteiger partial charge in [-0.3, -0.25) is 0 Å². The molecule has 0 spiro atoms. The minimum atomic E-state index is -0.370. The zero-order valence-electron chi connectivity index (χ0n) is 9.18. The molecule has 2 aromatic rings. The van der Waals surface area contributed by atoms with Gasteiger partial charge in [-0.2, -0.15) is 0 Å². The maximum absolute atomic E-state index is 13.5. The van der Waals surface area contributed by atoms with Crippen molar-refractivity contribution in [2.75, 3.05) is 5.32 Å². The smallest absolute Gasteiger partial charge is 0.147 e. The molecule has 0 aromatic heterocycles. The summed E-state index contributed by atoms with van der Waals surface area (Å²) < 4.78 is 14.3. The molecule has 0 aliphatic heterocycles. The number of rotatable bonds is 3. The van der Waals surface area contributed by atoms with E-state index < -0.39 is 0 Å². The van der Waals surface area contributed by atoms with Gasteiger partial charge in [-0.1, -0.05) is 35.3 Å². The molecule has 0 aliphatic rings. The third-order valence-electron chi connectivity index (χ3n) is 2.42. The number of nitrogens with one attached hydrogen (secondary N) is 1. The van der Waals surface area contributed by atoms with E-state index in [0.29, 0.717) is 22.3 Å². The zero-order chi connectivity index (χ0) is 13.1. The molecular formula is C13H9BrCl2FN. The van der Waals surface area contributed by atoms with Gasteiger partial charge in [0, 0.05) is 11.0 Å². The molecule has 0 saturated heterocycles. The van der Waals surface area contributed by atoms with E-state index >= 15 is 0 Å². The van der Waals surface area contributed by atoms with Crippen LogP contribution in [0.5, 0.6) is 0 Å². The molecule has 0 saturated carbocycles. The van der Waals surface area contributed by atoms with Gasteiger partial charge in [0.05, 0.1) is 15.7 Å². The van der Waals surface area contributed by atoms with E-state index in [-0.39, 0.29) is 5.82 Å². The van der Waals surface area contributed by atoms with Crippen LogP contribution in [-0.4, -0.2) is 0 Å². The molecule has 94 valence electrons. The van der Waals surface area contributed by atoms with Crippen LogP contribution in [0.2, 0.25) is 10.0 Å². The largest absolute Gasteiger partial charge is 0.377 e. The minimum Gasteiger partial charge on any atom is -0.377 e. The summed E-state index contributed by atoms with van der Waals surface area (Å²) in [6.45, 7) is 0.452. The van der Waals surface area contributed by atoms with E-state index in [9.17, 15) is 4.39 Å². The molecule has 0 radical (unpaired) electrons. The average molecular weight is 349 g/mol. The van der Waals surface area contributed by atoms with Crippen LogP contribution in [0.3, 0.4) is 0 Å². The predicted molar refractivity (Wildman–Crippen MR) is 77.9 cm³/mol. The molecule has 1 N–H and O–H groups in total. The second-order valence-corrected chi connectivity index (χ2v) is 5.37. The summed E-state index contributed by atoms with van der Waals surface area (Å²) in [6.07, 6.45) is 0. The molecule has 0 unspecified atom stereocenters. The standard InChI is InChI=1S/C13H9BrCl2FN/c14-9-5-4-8(6-11(9)16)7-18-13-10(15)2-1-3-12(13)17/h1-6,18H,7H2. The first-order chi connectivity index (χ1) is 8.58. The molecule has 18 heavy (non-hydrogen) atoms. The lowest BCUT2D eigenvalue weighted by Crippen LogP contribution is -2.02. The highest BCUT2D eigenvalue weighted by atomic mass is 79.9. The van der Waals surface area contributed by atoms with Crippen LogP contribution >= 0.6 is 39.1 Å². The Morgan fingerprint density at radius 1 is 1.11 bits per heavy atom. The van der Waals surface area contributed by atoms with E-state index in [4.69, 9.17) is 23.2 Å². The Bertz CT molecular complexity index is 555. The fourth-order valence-electron chi connectivity index (χ4n) is 1.51. The van der Waals surface area contributed by atoms with Gasteiger partial charge in [-0.25, -0.2) is 4.39 Å². The maximum atomic E-state index is 13.5. The fraction of sp³-hybridized carbons (Fsp3) is 0.0769. The first-order valence-corrected chi connectivity index (χ1v) is 6.74. The van der Waals surface area contributed by atoms with E-state index in [1.807, 2.05) is 18.2 Å². The molecular weight excluding hydrogens is 340 g/mol. The molecule has 0 aliphatic carbocycles. The summed E-state index contributed by atoms with van der Waals surface area (Å²) in [5.41, 5.74) is 1.25. The highest BCUT2D eigenvalue weighted by Crippen LogP contribution is 2.27. The zero-order valence-corrected chi connectivity index (χ0v) is 12.3. The molecule has 1 nitrogen and oxygen atoms in total. The summed E-state index contributed by atoms with van der Waals surface area (Å²) in [4.78, 5) is 0. The first kappa shape index (κ1) is 13.7. The summed E-state index contributed by atoms with van der Waals surface area (Å²) in [7, 11) is 0. The van der Waals surface area contributed by atoms with Gasteiger partial charge in [0.15, 0.2) is 0 Å². The van der Waals surface area contributed by atoms with E-state index in [1.165, 1.54) is 6.07 Å². The molecule has 0 bridgehead atoms. The normalized spacial score (nSPS) is 10.4. The summed E-state index contributed by atoms with van der Waals surface area (Å²) in [5, 5.41) is 3.94. The maximum Gasteiger partial charge on any atom is 0.147 e. The number of halogens is 4. The van der Waals surface area contributed by atoms with Crippen molar-refractivity contribution in [1.82, 2.24) is 0 Å². The predicted octanol–water partition coefficient (Wildman–Crippen LogP) is 5.51. The second kappa shape index (κ2) is 5.91. The average Bonchev–Trinajstić information content (AvgIpc) is 2.33. The lowest BCUT2D eigenvalue weighted by atomic mass is 10.2. The summed E-state index contributed by atoms with van der Waals surface area (Å²) in [6, 6.07) is 10.1. The molecule has 2 aromatic carbocycles. The van der Waals surface area contributed by atoms with Crippen LogP contribution in [0.15, 0.2) is 40.9 Å². The first-order valence-electron chi connectivity index (χ1n) is 5.20. The van der Waals surface area contributed by atoms with E-state index in [1.54, 1.807) is 12.1 Å². The van der Waals surface area contributed by atoms with Crippen LogP contribution in [0.25, 0.3) is 0 Å². The molecule has 0 heterocycles. The van der Waals surface area contributed by atoms with Gasteiger partial charge in [0.2, 0.25) is 0 Å². The van der Waals surface area contributed by atoms with Crippen molar-refractivity contribution < 1.29 is 4.39 Å². The highest BCUT2D eigenvalue weighted by Gasteiger charge is 2.06. The van der Waals surface area contributed by atoms with Crippen molar-refractivity contribution in [1.29, 1.82) is 0 Å². The summed E-state index contributed by atoms with van der Waals surface area (Å²) in [5.74, 6) is -0.370. The van der Waals surface area contributed by atoms with Crippen LogP contribution in [0.1, 0.15) is 5.56 Å². The quantitative estimate of drug-likeness (QED) is 0.771. The minimum absolute atomic E-state index is 0.304. The lowest BCUT2D eigenvalue weighted by molar-refractivity contribution is 0.630. The van der Waals surface area contributed by atoms with Gasteiger partial charge < -0.3 is 5.32 Å². The van der Waals surface area contributed by atoms with Crippen LogP contribution in [0, 0.1) is 5.82 Å². The van der Waals surface area contributed by atoms with Crippen molar-refractivity contribution in [2.45, 2.75) is 6.54 Å². The topological polar surface area (TPSA) is 12.0 Å². The Labute approximate surface area is 123 Å². The van der Waals surface area contributed by atoms with Crippen molar-refractivity contribution in [3.05, 3.63) is 62.3 Å². The molecule has 0 fully saturated rings. The Morgan fingerprint density at radius 3 is 2.56 bits per heavy atom. The number of hydrogen-bond donors (Lipinski definition) is 1. The number of anilines is 1. The van der Waals surface area contributed by atoms with Crippen molar-refractivity contribution >= 4 is 44.8 Å². The van der Waals surface area contributed by atoms with Crippen LogP contribution < -0.4 is 5.32 Å². The molecule has 5 heteroatoms. The fourth-order valence-corrected chi connectivity index (χ4v) is 2.19.